The molecular formula is C26H25ClN4O3. The van der Waals surface area contributed by atoms with Crippen molar-refractivity contribution in [2.75, 3.05) is 36.6 Å². The Hall–Kier alpha value is -3.81. The van der Waals surface area contributed by atoms with Crippen molar-refractivity contribution >= 4 is 51.8 Å². The maximum atomic E-state index is 13.1. The van der Waals surface area contributed by atoms with Crippen LogP contribution >= 0.6 is 11.6 Å². The molecule has 174 valence electrons. The second kappa shape index (κ2) is 9.99. The SMILES string of the molecule is CN(C)Cc1ccc(N/C(=C2\C(=O)Nc3cc(Cl)ccc32)c2cccc(NCC(=O)O)c2)cc1. The number of aliphatic carboxylic acids is 1. The summed E-state index contributed by atoms with van der Waals surface area (Å²) < 4.78 is 0. The summed E-state index contributed by atoms with van der Waals surface area (Å²) in [5.41, 5.74) is 5.85. The van der Waals surface area contributed by atoms with Gasteiger partial charge in [-0.25, -0.2) is 0 Å². The number of nitrogens with one attached hydrogen (secondary N) is 3. The quantitative estimate of drug-likeness (QED) is 0.348. The number of hydrogen-bond acceptors (Lipinski definition) is 5. The van der Waals surface area contributed by atoms with Gasteiger partial charge in [-0.15, -0.1) is 0 Å². The molecule has 3 aromatic carbocycles. The molecule has 0 unspecified atom stereocenters. The van der Waals surface area contributed by atoms with Gasteiger partial charge in [-0.2, -0.15) is 0 Å². The fourth-order valence-electron chi connectivity index (χ4n) is 3.84. The van der Waals surface area contributed by atoms with E-state index in [1.54, 1.807) is 18.2 Å². The lowest BCUT2D eigenvalue weighted by atomic mass is 9.99. The molecule has 1 aliphatic rings. The number of amides is 1. The molecular weight excluding hydrogens is 452 g/mol. The van der Waals surface area contributed by atoms with Gasteiger partial charge in [0.05, 0.1) is 17.0 Å². The number of halogens is 1. The van der Waals surface area contributed by atoms with Crippen molar-refractivity contribution in [2.45, 2.75) is 6.54 Å². The predicted molar refractivity (Wildman–Crippen MR) is 137 cm³/mol. The van der Waals surface area contributed by atoms with E-state index in [1.807, 2.05) is 62.6 Å². The minimum absolute atomic E-state index is 0.210. The van der Waals surface area contributed by atoms with Crippen LogP contribution in [0, 0.1) is 0 Å². The van der Waals surface area contributed by atoms with Crippen LogP contribution in [-0.4, -0.2) is 42.5 Å². The molecule has 0 spiro atoms. The van der Waals surface area contributed by atoms with Crippen molar-refractivity contribution in [3.05, 3.63) is 88.4 Å². The average Bonchev–Trinajstić information content (AvgIpc) is 3.11. The Kier molecular flexibility index (Phi) is 6.86. The lowest BCUT2D eigenvalue weighted by molar-refractivity contribution is -0.134. The van der Waals surface area contributed by atoms with E-state index in [-0.39, 0.29) is 12.5 Å². The molecule has 7 nitrogen and oxygen atoms in total. The summed E-state index contributed by atoms with van der Waals surface area (Å²) in [5, 5.41) is 18.7. The van der Waals surface area contributed by atoms with Crippen molar-refractivity contribution in [1.82, 2.24) is 4.90 Å². The first-order valence-corrected chi connectivity index (χ1v) is 11.1. The summed E-state index contributed by atoms with van der Waals surface area (Å²) in [7, 11) is 4.03. The number of carboxylic acid groups (broad SMARTS) is 1. The Balaban J connectivity index is 1.78. The van der Waals surface area contributed by atoms with Crippen LogP contribution in [0.3, 0.4) is 0 Å². The van der Waals surface area contributed by atoms with Crippen molar-refractivity contribution in [2.24, 2.45) is 0 Å². The zero-order valence-corrected chi connectivity index (χ0v) is 19.6. The van der Waals surface area contributed by atoms with E-state index in [0.717, 1.165) is 23.4 Å². The fourth-order valence-corrected chi connectivity index (χ4v) is 4.01. The maximum Gasteiger partial charge on any atom is 0.322 e. The number of fused-ring (bicyclic) bond motifs is 1. The third-order valence-corrected chi connectivity index (χ3v) is 5.53. The topological polar surface area (TPSA) is 93.7 Å². The van der Waals surface area contributed by atoms with Gasteiger partial charge in [0, 0.05) is 34.1 Å². The lowest BCUT2D eigenvalue weighted by Crippen LogP contribution is -2.13. The van der Waals surface area contributed by atoms with E-state index in [1.165, 1.54) is 5.56 Å². The lowest BCUT2D eigenvalue weighted by Gasteiger charge is -2.17. The van der Waals surface area contributed by atoms with Gasteiger partial charge in [0.1, 0.15) is 6.54 Å². The molecule has 1 aliphatic heterocycles. The van der Waals surface area contributed by atoms with E-state index in [4.69, 9.17) is 16.7 Å². The summed E-state index contributed by atoms with van der Waals surface area (Å²) in [5.74, 6) is -1.20. The zero-order valence-electron chi connectivity index (χ0n) is 18.9. The summed E-state index contributed by atoms with van der Waals surface area (Å²) >= 11 is 6.13. The van der Waals surface area contributed by atoms with Gasteiger partial charge in [0.15, 0.2) is 0 Å². The van der Waals surface area contributed by atoms with E-state index in [2.05, 4.69) is 20.9 Å². The molecule has 0 bridgehead atoms. The molecule has 0 saturated heterocycles. The second-order valence-electron chi connectivity index (χ2n) is 8.28. The monoisotopic (exact) mass is 476 g/mol. The van der Waals surface area contributed by atoms with Crippen molar-refractivity contribution in [1.29, 1.82) is 0 Å². The van der Waals surface area contributed by atoms with Gasteiger partial charge in [-0.3, -0.25) is 9.59 Å². The number of hydrogen-bond donors (Lipinski definition) is 4. The number of carbonyl (C=O) groups excluding carboxylic acids is 1. The molecule has 0 aliphatic carbocycles. The number of carboxylic acids is 1. The van der Waals surface area contributed by atoms with Gasteiger partial charge in [-0.1, -0.05) is 41.9 Å². The predicted octanol–water partition coefficient (Wildman–Crippen LogP) is 4.83. The first-order valence-electron chi connectivity index (χ1n) is 10.7. The smallest absolute Gasteiger partial charge is 0.322 e. The molecule has 34 heavy (non-hydrogen) atoms. The standard InChI is InChI=1S/C26H25ClN4O3/c1-31(2)15-16-6-9-19(10-7-16)29-25(17-4-3-5-20(12-17)28-14-23(32)33)24-21-11-8-18(27)13-22(21)30-26(24)34/h3-13,28-29H,14-15H2,1-2H3,(H,30,34)(H,32,33)/b25-24-. The molecule has 0 saturated carbocycles. The maximum absolute atomic E-state index is 13.1. The van der Waals surface area contributed by atoms with Crippen LogP contribution in [0.2, 0.25) is 5.02 Å². The Bertz CT molecular complexity index is 1270. The highest BCUT2D eigenvalue weighted by Crippen LogP contribution is 2.39. The number of benzene rings is 3. The molecule has 1 heterocycles. The molecule has 8 heteroatoms. The van der Waals surface area contributed by atoms with Crippen LogP contribution < -0.4 is 16.0 Å². The molecule has 3 aromatic rings. The number of nitrogens with zero attached hydrogens (tertiary/aromatic N) is 1. The third-order valence-electron chi connectivity index (χ3n) is 5.29. The number of anilines is 3. The van der Waals surface area contributed by atoms with E-state index in [9.17, 15) is 9.59 Å². The van der Waals surface area contributed by atoms with Crippen LogP contribution in [0.1, 0.15) is 16.7 Å². The van der Waals surface area contributed by atoms with Gasteiger partial charge in [0.2, 0.25) is 0 Å². The van der Waals surface area contributed by atoms with Crippen molar-refractivity contribution in [3.8, 4) is 0 Å². The van der Waals surface area contributed by atoms with Crippen LogP contribution in [0.25, 0.3) is 11.3 Å². The van der Waals surface area contributed by atoms with Gasteiger partial charge >= 0.3 is 5.97 Å². The van der Waals surface area contributed by atoms with Crippen LogP contribution in [0.4, 0.5) is 17.1 Å². The molecule has 4 N–H and O–H groups in total. The van der Waals surface area contributed by atoms with Crippen molar-refractivity contribution in [3.63, 3.8) is 0 Å². The van der Waals surface area contributed by atoms with Crippen LogP contribution in [0.15, 0.2) is 66.7 Å². The van der Waals surface area contributed by atoms with Crippen LogP contribution in [-0.2, 0) is 16.1 Å². The second-order valence-corrected chi connectivity index (χ2v) is 8.72. The molecule has 1 amide bonds. The Morgan fingerprint density at radius 1 is 1.03 bits per heavy atom. The Labute approximate surface area is 203 Å². The largest absolute Gasteiger partial charge is 0.480 e. The Morgan fingerprint density at radius 3 is 2.50 bits per heavy atom. The van der Waals surface area contributed by atoms with Gasteiger partial charge in [0.25, 0.3) is 5.91 Å². The first kappa shape index (κ1) is 23.4. The highest BCUT2D eigenvalue weighted by Gasteiger charge is 2.28. The molecule has 0 aromatic heterocycles. The number of carbonyl (C=O) groups is 2. The number of rotatable bonds is 8. The van der Waals surface area contributed by atoms with E-state index < -0.39 is 5.97 Å². The average molecular weight is 477 g/mol. The third kappa shape index (κ3) is 5.39. The zero-order chi connectivity index (χ0) is 24.2. The highest BCUT2D eigenvalue weighted by molar-refractivity contribution is 6.38. The minimum atomic E-state index is -0.958. The molecule has 4 rings (SSSR count). The molecule has 0 atom stereocenters. The molecule has 0 radical (unpaired) electrons. The van der Waals surface area contributed by atoms with E-state index in [0.29, 0.717) is 27.7 Å². The minimum Gasteiger partial charge on any atom is -0.480 e. The Morgan fingerprint density at radius 2 is 1.79 bits per heavy atom. The summed E-state index contributed by atoms with van der Waals surface area (Å²) in [6.07, 6.45) is 0. The summed E-state index contributed by atoms with van der Waals surface area (Å²) in [6.45, 7) is 0.611. The van der Waals surface area contributed by atoms with Gasteiger partial charge < -0.3 is 26.0 Å². The summed E-state index contributed by atoms with van der Waals surface area (Å²) in [6, 6.07) is 20.6. The van der Waals surface area contributed by atoms with Crippen LogP contribution in [0.5, 0.6) is 0 Å². The normalized spacial score (nSPS) is 13.9. The molecule has 0 fully saturated rings. The van der Waals surface area contributed by atoms with Crippen molar-refractivity contribution < 1.29 is 14.7 Å². The summed E-state index contributed by atoms with van der Waals surface area (Å²) in [4.78, 5) is 26.2. The fraction of sp³-hybridized carbons (Fsp3) is 0.154. The van der Waals surface area contributed by atoms with E-state index >= 15 is 0 Å². The highest BCUT2D eigenvalue weighted by atomic mass is 35.5. The van der Waals surface area contributed by atoms with Gasteiger partial charge in [-0.05, 0) is 56.1 Å². The first-order chi connectivity index (χ1) is 16.3.